The third kappa shape index (κ3) is 5.07. The zero-order valence-corrected chi connectivity index (χ0v) is 18.0. The largest absolute Gasteiger partial charge is 0.439 e. The van der Waals surface area contributed by atoms with Gasteiger partial charge in [0, 0.05) is 24.3 Å². The van der Waals surface area contributed by atoms with Crippen LogP contribution in [-0.2, 0) is 11.3 Å². The lowest BCUT2D eigenvalue weighted by atomic mass is 10.2. The number of ether oxygens (including phenoxy) is 1. The Kier molecular flexibility index (Phi) is 6.32. The van der Waals surface area contributed by atoms with Crippen LogP contribution in [0.15, 0.2) is 71.8 Å². The number of amides is 2. The normalized spacial score (nSPS) is 14.5. The number of hydrogen-bond acceptors (Lipinski definition) is 9. The van der Waals surface area contributed by atoms with Crippen molar-refractivity contribution >= 4 is 40.4 Å². The third-order valence-electron chi connectivity index (χ3n) is 4.69. The van der Waals surface area contributed by atoms with Crippen molar-refractivity contribution in [3.8, 4) is 11.6 Å². The monoisotopic (exact) mass is 478 g/mol. The second-order valence-corrected chi connectivity index (χ2v) is 7.97. The van der Waals surface area contributed by atoms with Crippen LogP contribution in [0, 0.1) is 20.2 Å². The second kappa shape index (κ2) is 9.50. The average Bonchev–Trinajstić information content (AvgIpc) is 3.08. The molecule has 1 aromatic heterocycles. The highest BCUT2D eigenvalue weighted by atomic mass is 32.2. The lowest BCUT2D eigenvalue weighted by molar-refractivity contribution is -0.385. The predicted octanol–water partition coefficient (Wildman–Crippen LogP) is 4.93. The molecule has 34 heavy (non-hydrogen) atoms. The number of benzene rings is 2. The number of non-ortho nitro benzene ring substituents is 1. The van der Waals surface area contributed by atoms with E-state index in [0.29, 0.717) is 16.9 Å². The van der Waals surface area contributed by atoms with Crippen LogP contribution in [0.25, 0.3) is 6.08 Å². The first-order valence-corrected chi connectivity index (χ1v) is 10.5. The zero-order chi connectivity index (χ0) is 24.2. The summed E-state index contributed by atoms with van der Waals surface area (Å²) in [6, 6.07) is 15.0. The molecular formula is C22H14N4O7S. The maximum Gasteiger partial charge on any atom is 0.293 e. The highest BCUT2D eigenvalue weighted by molar-refractivity contribution is 8.18. The van der Waals surface area contributed by atoms with Crippen molar-refractivity contribution in [1.82, 2.24) is 9.88 Å². The van der Waals surface area contributed by atoms with E-state index < -0.39 is 21.0 Å². The van der Waals surface area contributed by atoms with E-state index >= 15 is 0 Å². The number of nitrogens with zero attached hydrogens (tertiary/aromatic N) is 4. The number of aromatic nitrogens is 1. The Bertz CT molecular complexity index is 1310. The molecule has 1 aliphatic heterocycles. The third-order valence-corrected chi connectivity index (χ3v) is 5.60. The van der Waals surface area contributed by atoms with Crippen LogP contribution in [0.3, 0.4) is 0 Å². The van der Waals surface area contributed by atoms with Gasteiger partial charge in [-0.1, -0.05) is 24.3 Å². The molecule has 0 spiro atoms. The molecule has 2 amide bonds. The number of imide groups is 1. The minimum atomic E-state index is -0.556. The fourth-order valence-electron chi connectivity index (χ4n) is 2.99. The van der Waals surface area contributed by atoms with Gasteiger partial charge >= 0.3 is 0 Å². The number of rotatable bonds is 7. The number of hydrogen-bond donors (Lipinski definition) is 0. The van der Waals surface area contributed by atoms with Crippen LogP contribution >= 0.6 is 11.8 Å². The van der Waals surface area contributed by atoms with Gasteiger partial charge < -0.3 is 4.74 Å². The summed E-state index contributed by atoms with van der Waals surface area (Å²) in [6.07, 6.45) is 2.67. The summed E-state index contributed by atoms with van der Waals surface area (Å²) in [5.41, 5.74) is 1.03. The Morgan fingerprint density at radius 1 is 0.912 bits per heavy atom. The van der Waals surface area contributed by atoms with Crippen LogP contribution in [0.4, 0.5) is 16.2 Å². The van der Waals surface area contributed by atoms with E-state index in [1.54, 1.807) is 30.3 Å². The number of thioether (sulfide) groups is 1. The van der Waals surface area contributed by atoms with Gasteiger partial charge in [-0.25, -0.2) is 4.98 Å². The van der Waals surface area contributed by atoms with Gasteiger partial charge in [-0.2, -0.15) is 0 Å². The van der Waals surface area contributed by atoms with E-state index in [1.165, 1.54) is 36.4 Å². The first kappa shape index (κ1) is 22.6. The molecule has 0 aliphatic carbocycles. The van der Waals surface area contributed by atoms with Gasteiger partial charge in [-0.05, 0) is 41.1 Å². The molecule has 1 fully saturated rings. The minimum absolute atomic E-state index is 0.00894. The van der Waals surface area contributed by atoms with Gasteiger partial charge in [-0.15, -0.1) is 0 Å². The molecule has 0 N–H and O–H groups in total. The van der Waals surface area contributed by atoms with Crippen molar-refractivity contribution in [2.75, 3.05) is 0 Å². The summed E-state index contributed by atoms with van der Waals surface area (Å²) >= 11 is 0.808. The van der Waals surface area contributed by atoms with Gasteiger partial charge in [-0.3, -0.25) is 34.7 Å². The number of carbonyl (C=O) groups is 2. The smallest absolute Gasteiger partial charge is 0.293 e. The molecule has 0 atom stereocenters. The lowest BCUT2D eigenvalue weighted by Gasteiger charge is -2.12. The summed E-state index contributed by atoms with van der Waals surface area (Å²) in [5, 5.41) is 21.0. The van der Waals surface area contributed by atoms with Crippen molar-refractivity contribution < 1.29 is 24.2 Å². The highest BCUT2D eigenvalue weighted by Crippen LogP contribution is 2.34. The Morgan fingerprint density at radius 3 is 2.15 bits per heavy atom. The van der Waals surface area contributed by atoms with Crippen molar-refractivity contribution in [2.45, 2.75) is 6.54 Å². The summed E-state index contributed by atoms with van der Waals surface area (Å²) in [4.78, 5) is 50.6. The molecule has 1 saturated heterocycles. The molecule has 12 heteroatoms. The molecule has 1 aliphatic rings. The van der Waals surface area contributed by atoms with E-state index in [1.807, 2.05) is 0 Å². The number of pyridine rings is 1. The lowest BCUT2D eigenvalue weighted by Crippen LogP contribution is -2.27. The molecule has 11 nitrogen and oxygen atoms in total. The Balaban J connectivity index is 1.42. The van der Waals surface area contributed by atoms with Gasteiger partial charge in [0.15, 0.2) is 0 Å². The minimum Gasteiger partial charge on any atom is -0.439 e. The molecular weight excluding hydrogens is 464 g/mol. The molecule has 0 saturated carbocycles. The molecule has 0 bridgehead atoms. The first-order chi connectivity index (χ1) is 16.3. The van der Waals surface area contributed by atoms with Crippen LogP contribution in [0.1, 0.15) is 11.1 Å². The molecule has 2 heterocycles. The fourth-order valence-corrected chi connectivity index (χ4v) is 3.83. The highest BCUT2D eigenvalue weighted by Gasteiger charge is 2.35. The number of carbonyl (C=O) groups excluding carboxylic acids is 2. The number of nitro benzene ring substituents is 1. The van der Waals surface area contributed by atoms with E-state index in [9.17, 15) is 29.8 Å². The van der Waals surface area contributed by atoms with Crippen molar-refractivity contribution in [1.29, 1.82) is 0 Å². The van der Waals surface area contributed by atoms with Gasteiger partial charge in [0.05, 0.1) is 21.3 Å². The van der Waals surface area contributed by atoms with E-state index in [2.05, 4.69) is 4.98 Å². The topological polar surface area (TPSA) is 146 Å². The molecule has 170 valence electrons. The summed E-state index contributed by atoms with van der Waals surface area (Å²) in [7, 11) is 0. The molecule has 0 radical (unpaired) electrons. The van der Waals surface area contributed by atoms with Crippen molar-refractivity contribution in [3.05, 3.63) is 103 Å². The standard InChI is InChI=1S/C22H14N4O7S/c27-21-19(34-22(28)24(21)13-15-1-5-16(6-2-15)25(29)30)11-14-3-8-18(9-4-14)33-20-10-7-17(12-23-20)26(31)32/h1-12H,13H2/b19-11-. The Morgan fingerprint density at radius 2 is 1.56 bits per heavy atom. The summed E-state index contributed by atoms with van der Waals surface area (Å²) < 4.78 is 5.55. The summed E-state index contributed by atoms with van der Waals surface area (Å²) in [6.45, 7) is 0.00894. The Hall–Kier alpha value is -4.58. The van der Waals surface area contributed by atoms with Gasteiger partial charge in [0.1, 0.15) is 11.9 Å². The van der Waals surface area contributed by atoms with E-state index in [-0.39, 0.29) is 28.7 Å². The quantitative estimate of drug-likeness (QED) is 0.262. The van der Waals surface area contributed by atoms with Gasteiger partial charge in [0.2, 0.25) is 5.88 Å². The van der Waals surface area contributed by atoms with Crippen molar-refractivity contribution in [3.63, 3.8) is 0 Å². The van der Waals surface area contributed by atoms with E-state index in [0.717, 1.165) is 22.9 Å². The number of nitro groups is 2. The predicted molar refractivity (Wildman–Crippen MR) is 122 cm³/mol. The van der Waals surface area contributed by atoms with E-state index in [4.69, 9.17) is 4.74 Å². The first-order valence-electron chi connectivity index (χ1n) is 9.67. The molecule has 4 rings (SSSR count). The van der Waals surface area contributed by atoms with Crippen LogP contribution in [-0.4, -0.2) is 30.9 Å². The van der Waals surface area contributed by atoms with Crippen molar-refractivity contribution in [2.24, 2.45) is 0 Å². The fraction of sp³-hybridized carbons (Fsp3) is 0.0455. The van der Waals surface area contributed by atoms with Crippen LogP contribution in [0.5, 0.6) is 11.6 Å². The second-order valence-electron chi connectivity index (χ2n) is 6.97. The average molecular weight is 478 g/mol. The maximum atomic E-state index is 12.7. The maximum absolute atomic E-state index is 12.7. The van der Waals surface area contributed by atoms with Crippen LogP contribution < -0.4 is 4.74 Å². The Labute approximate surface area is 196 Å². The van der Waals surface area contributed by atoms with Crippen LogP contribution in [0.2, 0.25) is 0 Å². The zero-order valence-electron chi connectivity index (χ0n) is 17.2. The van der Waals surface area contributed by atoms with Gasteiger partial charge in [0.25, 0.3) is 22.5 Å². The molecule has 3 aromatic rings. The summed E-state index contributed by atoms with van der Waals surface area (Å²) in [5.74, 6) is 0.166. The molecule has 0 unspecified atom stereocenters. The SMILES string of the molecule is O=C1S/C(=C\c2ccc(Oc3ccc([N+](=O)[O-])cn3)cc2)C(=O)N1Cc1ccc([N+](=O)[O-])cc1. The molecule has 2 aromatic carbocycles.